The van der Waals surface area contributed by atoms with Crippen molar-refractivity contribution < 1.29 is 18.8 Å². The Hall–Kier alpha value is -5.27. The first-order chi connectivity index (χ1) is 19.9. The highest BCUT2D eigenvalue weighted by Crippen LogP contribution is 2.38. The highest BCUT2D eigenvalue weighted by atomic mass is 35.5. The molecule has 5 aromatic rings. The average molecular weight is 562 g/mol. The number of carbonyl (C=O) groups is 3. The summed E-state index contributed by atoms with van der Waals surface area (Å²) in [7, 11) is 0. The molecule has 0 aliphatic carbocycles. The molecule has 0 saturated carbocycles. The fraction of sp³-hybridized carbons (Fsp3) is 0. The number of urea groups is 1. The number of nitrogens with one attached hydrogen (secondary N) is 1. The van der Waals surface area contributed by atoms with E-state index in [-0.39, 0.29) is 11.3 Å². The number of benzene rings is 4. The summed E-state index contributed by atoms with van der Waals surface area (Å²) in [6.07, 6.45) is 1.49. The Morgan fingerprint density at radius 2 is 1.29 bits per heavy atom. The van der Waals surface area contributed by atoms with E-state index in [1.165, 1.54) is 18.2 Å². The van der Waals surface area contributed by atoms with Gasteiger partial charge < -0.3 is 4.57 Å². The zero-order valence-electron chi connectivity index (χ0n) is 21.4. The van der Waals surface area contributed by atoms with Crippen molar-refractivity contribution in [2.24, 2.45) is 0 Å². The molecule has 0 unspecified atom stereocenters. The number of hydrogen-bond donors (Lipinski definition) is 1. The number of halogens is 2. The van der Waals surface area contributed by atoms with E-state index in [0.29, 0.717) is 10.6 Å². The Bertz CT molecular complexity index is 1810. The fourth-order valence-electron chi connectivity index (χ4n) is 4.85. The van der Waals surface area contributed by atoms with Gasteiger partial charge >= 0.3 is 6.03 Å². The lowest BCUT2D eigenvalue weighted by molar-refractivity contribution is -0.122. The van der Waals surface area contributed by atoms with Gasteiger partial charge in [-0.15, -0.1) is 0 Å². The molecule has 6 rings (SSSR count). The van der Waals surface area contributed by atoms with Crippen molar-refractivity contribution in [2.75, 3.05) is 4.90 Å². The molecule has 6 nitrogen and oxygen atoms in total. The van der Waals surface area contributed by atoms with Gasteiger partial charge in [0.25, 0.3) is 11.8 Å². The van der Waals surface area contributed by atoms with Gasteiger partial charge in [0.1, 0.15) is 11.4 Å². The van der Waals surface area contributed by atoms with Gasteiger partial charge in [-0.2, -0.15) is 0 Å². The van der Waals surface area contributed by atoms with Crippen LogP contribution < -0.4 is 10.2 Å². The van der Waals surface area contributed by atoms with Gasteiger partial charge in [-0.25, -0.2) is 14.1 Å². The van der Waals surface area contributed by atoms with Crippen LogP contribution in [-0.4, -0.2) is 22.4 Å². The summed E-state index contributed by atoms with van der Waals surface area (Å²) in [5.41, 5.74) is 4.59. The number of barbiturate groups is 1. The van der Waals surface area contributed by atoms with Crippen molar-refractivity contribution in [1.82, 2.24) is 9.88 Å². The van der Waals surface area contributed by atoms with E-state index in [4.69, 9.17) is 11.6 Å². The van der Waals surface area contributed by atoms with Crippen molar-refractivity contribution >= 4 is 41.2 Å². The predicted molar refractivity (Wildman–Crippen MR) is 157 cm³/mol. The van der Waals surface area contributed by atoms with Crippen LogP contribution in [-0.2, 0) is 9.59 Å². The number of imide groups is 2. The molecule has 1 fully saturated rings. The van der Waals surface area contributed by atoms with Gasteiger partial charge in [0, 0.05) is 16.3 Å². The van der Waals surface area contributed by atoms with E-state index in [1.54, 1.807) is 12.1 Å². The first kappa shape index (κ1) is 26.0. The van der Waals surface area contributed by atoms with Crippen LogP contribution in [0.15, 0.2) is 121 Å². The predicted octanol–water partition coefficient (Wildman–Crippen LogP) is 7.27. The third kappa shape index (κ3) is 4.95. The maximum Gasteiger partial charge on any atom is 0.335 e. The minimum Gasteiger partial charge on any atom is -0.309 e. The van der Waals surface area contributed by atoms with Crippen molar-refractivity contribution in [2.45, 2.75) is 0 Å². The summed E-state index contributed by atoms with van der Waals surface area (Å²) in [6, 6.07) is 32.6. The smallest absolute Gasteiger partial charge is 0.309 e. The highest BCUT2D eigenvalue weighted by molar-refractivity contribution is 6.39. The van der Waals surface area contributed by atoms with Gasteiger partial charge in [0.2, 0.25) is 0 Å². The Morgan fingerprint density at radius 1 is 0.707 bits per heavy atom. The van der Waals surface area contributed by atoms with Crippen LogP contribution in [0.4, 0.5) is 14.9 Å². The van der Waals surface area contributed by atoms with E-state index in [9.17, 15) is 18.8 Å². The normalized spacial score (nSPS) is 14.4. The molecule has 1 N–H and O–H groups in total. The monoisotopic (exact) mass is 561 g/mol. The molecule has 1 aromatic heterocycles. The summed E-state index contributed by atoms with van der Waals surface area (Å²) in [6.45, 7) is 0. The quantitative estimate of drug-likeness (QED) is 0.181. The van der Waals surface area contributed by atoms with Gasteiger partial charge in [-0.3, -0.25) is 14.9 Å². The minimum absolute atomic E-state index is 0.138. The number of nitrogens with zero attached hydrogens (tertiary/aromatic N) is 2. The van der Waals surface area contributed by atoms with Crippen molar-refractivity contribution in [1.29, 1.82) is 0 Å². The lowest BCUT2D eigenvalue weighted by atomic mass is 10.0. The molecule has 8 heteroatoms. The summed E-state index contributed by atoms with van der Waals surface area (Å²) < 4.78 is 15.6. The number of rotatable bonds is 5. The van der Waals surface area contributed by atoms with E-state index in [2.05, 4.69) is 5.32 Å². The molecule has 4 aromatic carbocycles. The molecule has 0 atom stereocenters. The molecule has 1 aliphatic heterocycles. The number of carbonyl (C=O) groups excluding carboxylic acids is 3. The van der Waals surface area contributed by atoms with Crippen LogP contribution in [0.1, 0.15) is 5.56 Å². The SMILES string of the molecule is O=C1NC(=O)N(c2ccc(F)cc2)C(=O)/C1=C\c1cc(-c2ccccc2)n(-c2ccc(Cl)cc2)c1-c1ccccc1. The minimum atomic E-state index is -0.907. The zero-order chi connectivity index (χ0) is 28.5. The zero-order valence-corrected chi connectivity index (χ0v) is 22.2. The first-order valence-electron chi connectivity index (χ1n) is 12.7. The van der Waals surface area contributed by atoms with Crippen LogP contribution in [0.3, 0.4) is 0 Å². The van der Waals surface area contributed by atoms with Gasteiger partial charge in [0.15, 0.2) is 0 Å². The third-order valence-corrected chi connectivity index (χ3v) is 6.97. The average Bonchev–Trinajstić information content (AvgIpc) is 3.36. The standard InChI is InChI=1S/C33H21ClFN3O3/c34-24-11-15-26(16-12-24)37-29(21-7-3-1-4-8-21)20-23(30(37)22-9-5-2-6-10-22)19-28-31(39)36-33(41)38(32(28)40)27-17-13-25(35)14-18-27/h1-20H,(H,36,39,41)/b28-19-. The maximum absolute atomic E-state index is 13.6. The second-order valence-electron chi connectivity index (χ2n) is 9.31. The number of anilines is 1. The lowest BCUT2D eigenvalue weighted by Gasteiger charge is -2.26. The van der Waals surface area contributed by atoms with Crippen LogP contribution in [0.2, 0.25) is 5.02 Å². The van der Waals surface area contributed by atoms with Gasteiger partial charge in [-0.05, 0) is 71.8 Å². The fourth-order valence-corrected chi connectivity index (χ4v) is 4.97. The molecular formula is C33H21ClFN3O3. The third-order valence-electron chi connectivity index (χ3n) is 6.72. The second-order valence-corrected chi connectivity index (χ2v) is 9.75. The molecule has 200 valence electrons. The summed E-state index contributed by atoms with van der Waals surface area (Å²) >= 11 is 6.21. The Labute approximate surface area is 239 Å². The van der Waals surface area contributed by atoms with E-state index in [0.717, 1.165) is 45.2 Å². The van der Waals surface area contributed by atoms with Crippen LogP contribution in [0, 0.1) is 5.82 Å². The highest BCUT2D eigenvalue weighted by Gasteiger charge is 2.37. The molecule has 1 saturated heterocycles. The topological polar surface area (TPSA) is 71.4 Å². The molecule has 0 spiro atoms. The molecule has 41 heavy (non-hydrogen) atoms. The van der Waals surface area contributed by atoms with Crippen molar-refractivity contribution in [3.63, 3.8) is 0 Å². The number of amides is 4. The molecule has 0 bridgehead atoms. The van der Waals surface area contributed by atoms with Crippen LogP contribution >= 0.6 is 11.6 Å². The van der Waals surface area contributed by atoms with Crippen molar-refractivity contribution in [3.05, 3.63) is 137 Å². The molecule has 2 heterocycles. The first-order valence-corrected chi connectivity index (χ1v) is 13.1. The van der Waals surface area contributed by atoms with E-state index in [1.807, 2.05) is 83.4 Å². The van der Waals surface area contributed by atoms with Crippen LogP contribution in [0.5, 0.6) is 0 Å². The van der Waals surface area contributed by atoms with E-state index < -0.39 is 23.7 Å². The molecular weight excluding hydrogens is 541 g/mol. The second kappa shape index (κ2) is 10.7. The summed E-state index contributed by atoms with van der Waals surface area (Å²) in [5, 5.41) is 2.82. The van der Waals surface area contributed by atoms with Crippen LogP contribution in [0.25, 0.3) is 34.3 Å². The largest absolute Gasteiger partial charge is 0.335 e. The molecule has 0 radical (unpaired) electrons. The number of hydrogen-bond acceptors (Lipinski definition) is 3. The Morgan fingerprint density at radius 3 is 1.93 bits per heavy atom. The Balaban J connectivity index is 1.59. The number of aromatic nitrogens is 1. The van der Waals surface area contributed by atoms with E-state index >= 15 is 0 Å². The van der Waals surface area contributed by atoms with Gasteiger partial charge in [0.05, 0.1) is 17.1 Å². The Kier molecular flexibility index (Phi) is 6.79. The summed E-state index contributed by atoms with van der Waals surface area (Å²) in [5.74, 6) is -2.15. The molecule has 1 aliphatic rings. The molecule has 4 amide bonds. The van der Waals surface area contributed by atoms with Gasteiger partial charge in [-0.1, -0.05) is 72.3 Å². The lowest BCUT2D eigenvalue weighted by Crippen LogP contribution is -2.54. The maximum atomic E-state index is 13.6. The van der Waals surface area contributed by atoms with Crippen molar-refractivity contribution in [3.8, 4) is 28.2 Å². The summed E-state index contributed by atoms with van der Waals surface area (Å²) in [4.78, 5) is 40.2.